The largest absolute Gasteiger partial charge is 0.468 e. The van der Waals surface area contributed by atoms with E-state index in [1.807, 2.05) is 44.2 Å². The predicted molar refractivity (Wildman–Crippen MR) is 112 cm³/mol. The summed E-state index contributed by atoms with van der Waals surface area (Å²) in [7, 11) is 1.34. The van der Waals surface area contributed by atoms with E-state index in [9.17, 15) is 9.59 Å². The van der Waals surface area contributed by atoms with Crippen LogP contribution in [0.1, 0.15) is 16.7 Å². The van der Waals surface area contributed by atoms with Crippen LogP contribution < -0.4 is 4.80 Å². The van der Waals surface area contributed by atoms with E-state index < -0.39 is 11.9 Å². The minimum Gasteiger partial charge on any atom is -0.468 e. The molecule has 0 aliphatic heterocycles. The average Bonchev–Trinajstić information content (AvgIpc) is 2.97. The summed E-state index contributed by atoms with van der Waals surface area (Å²) in [5.41, 5.74) is 3.73. The Hall–Kier alpha value is -2.70. The van der Waals surface area contributed by atoms with Crippen molar-refractivity contribution in [2.45, 2.75) is 20.4 Å². The van der Waals surface area contributed by atoms with Gasteiger partial charge in [-0.15, -0.1) is 0 Å². The van der Waals surface area contributed by atoms with Gasteiger partial charge >= 0.3 is 5.97 Å². The van der Waals surface area contributed by atoms with Crippen LogP contribution in [0.25, 0.3) is 16.3 Å². The molecule has 0 N–H and O–H groups in total. The Labute approximate surface area is 171 Å². The quantitative estimate of drug-likeness (QED) is 0.472. The number of aryl methyl sites for hydroxylation is 2. The number of carbonyl (C=O) groups is 2. The topological polar surface area (TPSA) is 60.7 Å². The van der Waals surface area contributed by atoms with Gasteiger partial charge in [-0.3, -0.25) is 9.59 Å². The van der Waals surface area contributed by atoms with Gasteiger partial charge in [-0.25, -0.2) is 0 Å². The molecule has 0 bridgehead atoms. The number of fused-ring (bicyclic) bond motifs is 1. The summed E-state index contributed by atoms with van der Waals surface area (Å²) in [6.07, 6.45) is 2.99. The van der Waals surface area contributed by atoms with Gasteiger partial charge in [0.05, 0.1) is 17.3 Å². The zero-order chi connectivity index (χ0) is 20.3. The third-order valence-electron chi connectivity index (χ3n) is 4.14. The van der Waals surface area contributed by atoms with E-state index in [0.717, 1.165) is 26.9 Å². The number of hydrogen-bond donors (Lipinski definition) is 0. The van der Waals surface area contributed by atoms with E-state index in [-0.39, 0.29) is 6.54 Å². The van der Waals surface area contributed by atoms with Crippen LogP contribution in [0.5, 0.6) is 0 Å². The number of ether oxygens (including phenoxy) is 1. The number of benzene rings is 2. The molecule has 2 aromatic carbocycles. The Balaban J connectivity index is 2.06. The number of amides is 1. The van der Waals surface area contributed by atoms with Crippen molar-refractivity contribution in [2.75, 3.05) is 7.11 Å². The van der Waals surface area contributed by atoms with Crippen molar-refractivity contribution >= 4 is 51.1 Å². The molecule has 0 saturated carbocycles. The van der Waals surface area contributed by atoms with E-state index in [1.54, 1.807) is 16.7 Å². The first-order valence-electron chi connectivity index (χ1n) is 8.57. The Morgan fingerprint density at radius 1 is 1.25 bits per heavy atom. The smallest absolute Gasteiger partial charge is 0.325 e. The van der Waals surface area contributed by atoms with E-state index in [4.69, 9.17) is 16.3 Å². The Bertz CT molecular complexity index is 1160. The lowest BCUT2D eigenvalue weighted by Gasteiger charge is -2.06. The molecule has 1 amide bonds. The highest BCUT2D eigenvalue weighted by molar-refractivity contribution is 7.16. The third kappa shape index (κ3) is 4.40. The summed E-state index contributed by atoms with van der Waals surface area (Å²) < 4.78 is 7.49. The molecule has 1 heterocycles. The third-order valence-corrected chi connectivity index (χ3v) is 5.51. The summed E-state index contributed by atoms with van der Waals surface area (Å²) in [6.45, 7) is 3.96. The molecule has 0 aliphatic rings. The molecule has 0 saturated heterocycles. The van der Waals surface area contributed by atoms with Crippen molar-refractivity contribution in [1.29, 1.82) is 0 Å². The molecular formula is C21H19ClN2O3S. The SMILES string of the molecule is COC(=O)Cn1c(=NC(=O)/C=C/c2ccccc2Cl)sc2cc(C)cc(C)c21. The average molecular weight is 415 g/mol. The Morgan fingerprint density at radius 2 is 2.00 bits per heavy atom. The maximum absolute atomic E-state index is 12.4. The first kappa shape index (κ1) is 20.0. The molecule has 3 rings (SSSR count). The molecule has 5 nitrogen and oxygen atoms in total. The van der Waals surface area contributed by atoms with Crippen LogP contribution in [0.15, 0.2) is 47.5 Å². The molecular weight excluding hydrogens is 396 g/mol. The molecule has 0 fully saturated rings. The number of rotatable bonds is 4. The molecule has 7 heteroatoms. The van der Waals surface area contributed by atoms with Crippen LogP contribution in [0.3, 0.4) is 0 Å². The van der Waals surface area contributed by atoms with Crippen molar-refractivity contribution < 1.29 is 14.3 Å². The zero-order valence-corrected chi connectivity index (χ0v) is 17.3. The normalized spacial score (nSPS) is 12.1. The number of methoxy groups -OCH3 is 1. The van der Waals surface area contributed by atoms with Gasteiger partial charge in [-0.1, -0.05) is 47.2 Å². The fraction of sp³-hybridized carbons (Fsp3) is 0.190. The molecule has 0 radical (unpaired) electrons. The van der Waals surface area contributed by atoms with Gasteiger partial charge in [0.15, 0.2) is 4.80 Å². The monoisotopic (exact) mass is 414 g/mol. The van der Waals surface area contributed by atoms with Gasteiger partial charge in [0.1, 0.15) is 6.54 Å². The van der Waals surface area contributed by atoms with Gasteiger partial charge in [-0.05, 0) is 48.7 Å². The van der Waals surface area contributed by atoms with Crippen molar-refractivity contribution in [3.8, 4) is 0 Å². The Morgan fingerprint density at radius 3 is 2.71 bits per heavy atom. The van der Waals surface area contributed by atoms with Crippen LogP contribution in [-0.4, -0.2) is 23.6 Å². The second kappa shape index (κ2) is 8.54. The molecule has 28 heavy (non-hydrogen) atoms. The van der Waals surface area contributed by atoms with Gasteiger partial charge in [0.2, 0.25) is 0 Å². The fourth-order valence-electron chi connectivity index (χ4n) is 2.92. The number of thiazole rings is 1. The number of esters is 1. The summed E-state index contributed by atoms with van der Waals surface area (Å²) in [4.78, 5) is 29.0. The van der Waals surface area contributed by atoms with Gasteiger partial charge in [-0.2, -0.15) is 4.99 Å². The van der Waals surface area contributed by atoms with E-state index in [1.165, 1.54) is 24.5 Å². The Kier molecular flexibility index (Phi) is 6.11. The van der Waals surface area contributed by atoms with Crippen molar-refractivity contribution in [1.82, 2.24) is 4.57 Å². The molecule has 0 spiro atoms. The zero-order valence-electron chi connectivity index (χ0n) is 15.7. The van der Waals surface area contributed by atoms with Crippen molar-refractivity contribution in [3.05, 3.63) is 69.0 Å². The maximum atomic E-state index is 12.4. The van der Waals surface area contributed by atoms with Gasteiger partial charge in [0, 0.05) is 11.1 Å². The van der Waals surface area contributed by atoms with E-state index in [2.05, 4.69) is 4.99 Å². The lowest BCUT2D eigenvalue weighted by molar-refractivity contribution is -0.141. The molecule has 3 aromatic rings. The van der Waals surface area contributed by atoms with Gasteiger partial charge < -0.3 is 9.30 Å². The standard InChI is InChI=1S/C21H19ClN2O3S/c1-13-10-14(2)20-17(11-13)28-21(24(20)12-19(26)27-3)23-18(25)9-8-15-6-4-5-7-16(15)22/h4-11H,12H2,1-3H3/b9-8+,23-21?. The van der Waals surface area contributed by atoms with Crippen molar-refractivity contribution in [2.24, 2.45) is 4.99 Å². The number of aromatic nitrogens is 1. The highest BCUT2D eigenvalue weighted by Gasteiger charge is 2.13. The first-order valence-corrected chi connectivity index (χ1v) is 9.77. The van der Waals surface area contributed by atoms with Gasteiger partial charge in [0.25, 0.3) is 5.91 Å². The fourth-order valence-corrected chi connectivity index (χ4v) is 4.33. The lowest BCUT2D eigenvalue weighted by Crippen LogP contribution is -2.22. The summed E-state index contributed by atoms with van der Waals surface area (Å²) >= 11 is 7.47. The minimum absolute atomic E-state index is 0.0132. The van der Waals surface area contributed by atoms with Crippen LogP contribution in [-0.2, 0) is 20.9 Å². The molecule has 0 atom stereocenters. The molecule has 0 unspecified atom stereocenters. The van der Waals surface area contributed by atoms with Crippen LogP contribution in [0.4, 0.5) is 0 Å². The van der Waals surface area contributed by atoms with Crippen LogP contribution in [0.2, 0.25) is 5.02 Å². The summed E-state index contributed by atoms with van der Waals surface area (Å²) in [5.74, 6) is -0.834. The van der Waals surface area contributed by atoms with Crippen LogP contribution in [0, 0.1) is 13.8 Å². The molecule has 144 valence electrons. The summed E-state index contributed by atoms with van der Waals surface area (Å²) in [5, 5.41) is 0.556. The van der Waals surface area contributed by atoms with Crippen LogP contribution >= 0.6 is 22.9 Å². The molecule has 0 aliphatic carbocycles. The summed E-state index contributed by atoms with van der Waals surface area (Å²) in [6, 6.07) is 11.3. The lowest BCUT2D eigenvalue weighted by atomic mass is 10.1. The highest BCUT2D eigenvalue weighted by atomic mass is 35.5. The predicted octanol–water partition coefficient (Wildman–Crippen LogP) is 4.29. The van der Waals surface area contributed by atoms with E-state index >= 15 is 0 Å². The molecule has 1 aromatic heterocycles. The second-order valence-electron chi connectivity index (χ2n) is 6.28. The number of halogens is 1. The van der Waals surface area contributed by atoms with Crippen molar-refractivity contribution in [3.63, 3.8) is 0 Å². The number of hydrogen-bond acceptors (Lipinski definition) is 4. The maximum Gasteiger partial charge on any atom is 0.325 e. The second-order valence-corrected chi connectivity index (χ2v) is 7.70. The number of carbonyl (C=O) groups excluding carboxylic acids is 2. The highest BCUT2D eigenvalue weighted by Crippen LogP contribution is 2.23. The number of nitrogens with zero attached hydrogens (tertiary/aromatic N) is 2. The first-order chi connectivity index (χ1) is 13.4. The van der Waals surface area contributed by atoms with E-state index in [0.29, 0.717) is 9.82 Å². The minimum atomic E-state index is -0.431.